The van der Waals surface area contributed by atoms with E-state index in [2.05, 4.69) is 19.7 Å². The van der Waals surface area contributed by atoms with Gasteiger partial charge in [-0.25, -0.2) is 14.4 Å². The number of hydrogen-bond donors (Lipinski definition) is 1. The van der Waals surface area contributed by atoms with Crippen LogP contribution in [0.3, 0.4) is 0 Å². The fraction of sp³-hybridized carbons (Fsp3) is 0.229. The van der Waals surface area contributed by atoms with E-state index in [0.29, 0.717) is 34.1 Å². The zero-order chi connectivity index (χ0) is 32.4. The van der Waals surface area contributed by atoms with E-state index in [0.717, 1.165) is 27.8 Å². The van der Waals surface area contributed by atoms with Crippen LogP contribution in [0.2, 0.25) is 0 Å². The van der Waals surface area contributed by atoms with Gasteiger partial charge in [0.1, 0.15) is 43.7 Å². The van der Waals surface area contributed by atoms with Crippen molar-refractivity contribution in [3.8, 4) is 39.5 Å². The number of anilines is 1. The van der Waals surface area contributed by atoms with Gasteiger partial charge in [0.2, 0.25) is 0 Å². The third-order valence-electron chi connectivity index (χ3n) is 6.16. The van der Waals surface area contributed by atoms with E-state index < -0.39 is 17.9 Å². The Hall–Kier alpha value is -5.31. The molecule has 0 bridgehead atoms. The van der Waals surface area contributed by atoms with Gasteiger partial charge in [-0.05, 0) is 98.0 Å². The Morgan fingerprint density at radius 2 is 1.09 bits per heavy atom. The Morgan fingerprint density at radius 3 is 1.57 bits per heavy atom. The number of nitrogen functional groups attached to an aromatic ring is 1. The van der Waals surface area contributed by atoms with Gasteiger partial charge in [0.05, 0.1) is 5.69 Å². The number of rotatable bonds is 14. The fourth-order valence-corrected chi connectivity index (χ4v) is 3.85. The summed E-state index contributed by atoms with van der Waals surface area (Å²) >= 11 is 0. The van der Waals surface area contributed by atoms with Crippen molar-refractivity contribution in [1.29, 1.82) is 0 Å². The molecular weight excluding hydrogens is 562 g/mol. The van der Waals surface area contributed by atoms with Crippen LogP contribution < -0.4 is 19.9 Å². The van der Waals surface area contributed by atoms with E-state index in [1.807, 2.05) is 37.3 Å². The molecule has 44 heavy (non-hydrogen) atoms. The molecule has 0 atom stereocenters. The van der Waals surface area contributed by atoms with E-state index in [4.69, 9.17) is 29.4 Å². The third kappa shape index (κ3) is 9.35. The zero-order valence-corrected chi connectivity index (χ0v) is 25.5. The van der Waals surface area contributed by atoms with Crippen molar-refractivity contribution in [3.63, 3.8) is 0 Å². The minimum atomic E-state index is -0.545. The summed E-state index contributed by atoms with van der Waals surface area (Å²) < 4.78 is 27.2. The van der Waals surface area contributed by atoms with Crippen molar-refractivity contribution >= 4 is 23.6 Å². The van der Waals surface area contributed by atoms with Gasteiger partial charge in [-0.2, -0.15) is 0 Å². The first kappa shape index (κ1) is 33.2. The monoisotopic (exact) mass is 599 g/mol. The van der Waals surface area contributed by atoms with Crippen molar-refractivity contribution < 1.29 is 38.1 Å². The molecule has 0 radical (unpaired) electrons. The summed E-state index contributed by atoms with van der Waals surface area (Å²) in [5.41, 5.74) is 11.6. The number of aryl methyl sites for hydroxylation is 1. The van der Waals surface area contributed by atoms with Crippen LogP contribution in [0.1, 0.15) is 26.3 Å². The second kappa shape index (κ2) is 15.2. The van der Waals surface area contributed by atoms with Gasteiger partial charge in [-0.15, -0.1) is 0 Å². The lowest BCUT2D eigenvalue weighted by atomic mass is 9.97. The highest BCUT2D eigenvalue weighted by Gasteiger charge is 2.13. The number of nitrogens with two attached hydrogens (primary N) is 1. The molecule has 0 aliphatic heterocycles. The second-order valence-electron chi connectivity index (χ2n) is 10.2. The van der Waals surface area contributed by atoms with Gasteiger partial charge in [0.25, 0.3) is 0 Å². The van der Waals surface area contributed by atoms with Crippen LogP contribution in [0, 0.1) is 6.92 Å². The number of hydrogen-bond acceptors (Lipinski definition) is 9. The highest BCUT2D eigenvalue weighted by Crippen LogP contribution is 2.36. The molecule has 230 valence electrons. The van der Waals surface area contributed by atoms with E-state index >= 15 is 0 Å². The Labute approximate surface area is 257 Å². The maximum Gasteiger partial charge on any atom is 0.338 e. The van der Waals surface area contributed by atoms with E-state index in [1.165, 1.54) is 0 Å². The smallest absolute Gasteiger partial charge is 0.338 e. The van der Waals surface area contributed by atoms with Crippen molar-refractivity contribution in [1.82, 2.24) is 0 Å². The van der Waals surface area contributed by atoms with Crippen LogP contribution in [-0.2, 0) is 23.9 Å². The van der Waals surface area contributed by atoms with Gasteiger partial charge < -0.3 is 29.4 Å². The van der Waals surface area contributed by atoms with Gasteiger partial charge in [0.15, 0.2) is 0 Å². The minimum absolute atomic E-state index is 0.0537. The maximum atomic E-state index is 12.4. The summed E-state index contributed by atoms with van der Waals surface area (Å²) in [5.74, 6) is -0.0843. The standard InChI is InChI=1S/C35H37NO8/c1-21(2)33(37)42-14-12-40-31-10-8-25(16-24(31)7)27-17-28(19-29(18-27)44-35(39)23(5)6)26-9-11-32(30(36)20-26)41-13-15-43-34(38)22(3)4/h8-11,16-20H,1,3,5,12-15,36H2,2,4,6-7H3. The molecule has 0 heterocycles. The van der Waals surface area contributed by atoms with Crippen LogP contribution in [0.25, 0.3) is 22.3 Å². The number of esters is 3. The van der Waals surface area contributed by atoms with Gasteiger partial charge in [-0.1, -0.05) is 31.9 Å². The molecule has 9 heteroatoms. The van der Waals surface area contributed by atoms with E-state index in [9.17, 15) is 14.4 Å². The number of carbonyl (C=O) groups is 3. The molecule has 3 rings (SSSR count). The fourth-order valence-electron chi connectivity index (χ4n) is 3.85. The van der Waals surface area contributed by atoms with Crippen molar-refractivity contribution in [2.75, 3.05) is 32.2 Å². The van der Waals surface area contributed by atoms with Crippen LogP contribution in [0.4, 0.5) is 5.69 Å². The molecule has 0 saturated heterocycles. The van der Waals surface area contributed by atoms with E-state index in [-0.39, 0.29) is 32.0 Å². The molecule has 2 N–H and O–H groups in total. The quantitative estimate of drug-likeness (QED) is 0.0738. The van der Waals surface area contributed by atoms with Gasteiger partial charge >= 0.3 is 17.9 Å². The first-order valence-corrected chi connectivity index (χ1v) is 13.8. The molecule has 0 aliphatic rings. The van der Waals surface area contributed by atoms with E-state index in [1.54, 1.807) is 45.0 Å². The molecule has 0 aromatic heterocycles. The molecule has 3 aromatic carbocycles. The van der Waals surface area contributed by atoms with Gasteiger partial charge in [-0.3, -0.25) is 0 Å². The summed E-state index contributed by atoms with van der Waals surface area (Å²) in [6.07, 6.45) is 0. The number of carbonyl (C=O) groups excluding carboxylic acids is 3. The SMILES string of the molecule is C=C(C)C(=O)OCCOc1ccc(-c2cc(OC(=O)C(=C)C)cc(-c3ccc(OCCOC(=O)C(=C)C)c(N)c3)c2)cc1C. The lowest BCUT2D eigenvalue weighted by Crippen LogP contribution is -2.12. The van der Waals surface area contributed by atoms with Crippen molar-refractivity contribution in [2.45, 2.75) is 27.7 Å². The molecule has 0 amide bonds. The Kier molecular flexibility index (Phi) is 11.5. The average Bonchev–Trinajstić information content (AvgIpc) is 2.98. The summed E-state index contributed by atoms with van der Waals surface area (Å²) in [5, 5.41) is 0. The first-order valence-electron chi connectivity index (χ1n) is 13.8. The lowest BCUT2D eigenvalue weighted by molar-refractivity contribution is -0.140. The van der Waals surface area contributed by atoms with Crippen LogP contribution in [0.5, 0.6) is 17.2 Å². The molecule has 0 unspecified atom stereocenters. The van der Waals surface area contributed by atoms with Crippen molar-refractivity contribution in [3.05, 3.63) is 96.6 Å². The summed E-state index contributed by atoms with van der Waals surface area (Å²) in [6, 6.07) is 16.4. The number of ether oxygens (including phenoxy) is 5. The summed E-state index contributed by atoms with van der Waals surface area (Å²) in [4.78, 5) is 35.5. The summed E-state index contributed by atoms with van der Waals surface area (Å²) in [7, 11) is 0. The molecule has 0 fully saturated rings. The van der Waals surface area contributed by atoms with Gasteiger partial charge in [0, 0.05) is 16.7 Å². The molecule has 0 spiro atoms. The van der Waals surface area contributed by atoms with Crippen molar-refractivity contribution in [2.24, 2.45) is 0 Å². The Morgan fingerprint density at radius 1 is 0.614 bits per heavy atom. The predicted octanol–water partition coefficient (Wildman–Crippen LogP) is 6.39. The second-order valence-corrected chi connectivity index (χ2v) is 10.2. The zero-order valence-electron chi connectivity index (χ0n) is 25.5. The van der Waals surface area contributed by atoms with Crippen LogP contribution in [-0.4, -0.2) is 44.3 Å². The lowest BCUT2D eigenvalue weighted by Gasteiger charge is -2.15. The normalized spacial score (nSPS) is 10.4. The average molecular weight is 600 g/mol. The summed E-state index contributed by atoms with van der Waals surface area (Å²) in [6.45, 7) is 17.9. The maximum absolute atomic E-state index is 12.4. The Bertz CT molecular complexity index is 1500. The topological polar surface area (TPSA) is 123 Å². The number of benzene rings is 3. The largest absolute Gasteiger partial charge is 0.490 e. The first-order chi connectivity index (χ1) is 20.8. The third-order valence-corrected chi connectivity index (χ3v) is 6.16. The Balaban J connectivity index is 1.84. The molecule has 0 saturated carbocycles. The van der Waals surface area contributed by atoms with Crippen LogP contribution in [0.15, 0.2) is 91.1 Å². The highest BCUT2D eigenvalue weighted by molar-refractivity contribution is 5.90. The van der Waals surface area contributed by atoms with Crippen LogP contribution >= 0.6 is 0 Å². The molecule has 3 aromatic rings. The minimum Gasteiger partial charge on any atom is -0.490 e. The molecular formula is C35H37NO8. The predicted molar refractivity (Wildman–Crippen MR) is 169 cm³/mol. The molecule has 0 aliphatic carbocycles. The molecule has 9 nitrogen and oxygen atoms in total. The highest BCUT2D eigenvalue weighted by atomic mass is 16.6.